The number of benzene rings is 1. The summed E-state index contributed by atoms with van der Waals surface area (Å²) in [5, 5.41) is 18.4. The van der Waals surface area contributed by atoms with E-state index >= 15 is 0 Å². The molecule has 4 heteroatoms. The van der Waals surface area contributed by atoms with Gasteiger partial charge in [-0.3, -0.25) is 0 Å². The number of aliphatic hydroxyl groups is 1. The third-order valence-corrected chi connectivity index (χ3v) is 2.19. The molecule has 3 nitrogen and oxygen atoms in total. The van der Waals surface area contributed by atoms with Gasteiger partial charge in [0, 0.05) is 0 Å². The molecule has 14 heavy (non-hydrogen) atoms. The smallest absolute Gasteiger partial charge is 0.165 e. The molecule has 0 heterocycles. The van der Waals surface area contributed by atoms with Crippen molar-refractivity contribution in [3.8, 4) is 5.75 Å². The Balaban J connectivity index is 2.91. The van der Waals surface area contributed by atoms with Crippen molar-refractivity contribution in [2.75, 3.05) is 0 Å². The van der Waals surface area contributed by atoms with Gasteiger partial charge in [0.15, 0.2) is 11.6 Å². The number of aliphatic hydroxyl groups excluding tert-OH is 1. The van der Waals surface area contributed by atoms with Crippen molar-refractivity contribution in [2.45, 2.75) is 25.5 Å². The van der Waals surface area contributed by atoms with E-state index in [4.69, 9.17) is 10.8 Å². The van der Waals surface area contributed by atoms with Crippen LogP contribution in [0.1, 0.15) is 24.9 Å². The minimum absolute atomic E-state index is 0.410. The lowest BCUT2D eigenvalue weighted by atomic mass is 10.0. The van der Waals surface area contributed by atoms with Crippen LogP contribution in [-0.4, -0.2) is 16.3 Å². The Labute approximate surface area is 82.0 Å². The molecular weight excluding hydrogens is 185 g/mol. The SMILES string of the molecule is CCC(O)C(N)c1ccc(O)c(F)c1. The fraction of sp³-hybridized carbons (Fsp3) is 0.400. The van der Waals surface area contributed by atoms with Gasteiger partial charge in [-0.15, -0.1) is 0 Å². The molecular formula is C10H14FNO2. The highest BCUT2D eigenvalue weighted by Crippen LogP contribution is 2.22. The molecule has 0 amide bonds. The molecule has 4 N–H and O–H groups in total. The van der Waals surface area contributed by atoms with E-state index in [0.29, 0.717) is 12.0 Å². The van der Waals surface area contributed by atoms with Gasteiger partial charge in [0.2, 0.25) is 0 Å². The average molecular weight is 199 g/mol. The molecule has 0 aliphatic heterocycles. The third kappa shape index (κ3) is 2.21. The van der Waals surface area contributed by atoms with Gasteiger partial charge in [0.25, 0.3) is 0 Å². The number of halogens is 1. The second kappa shape index (κ2) is 4.39. The molecule has 0 aromatic heterocycles. The monoisotopic (exact) mass is 199 g/mol. The van der Waals surface area contributed by atoms with Gasteiger partial charge in [-0.2, -0.15) is 0 Å². The Morgan fingerprint density at radius 1 is 1.50 bits per heavy atom. The molecule has 0 saturated carbocycles. The van der Waals surface area contributed by atoms with Crippen LogP contribution >= 0.6 is 0 Å². The summed E-state index contributed by atoms with van der Waals surface area (Å²) in [4.78, 5) is 0. The van der Waals surface area contributed by atoms with Crippen molar-refractivity contribution in [1.82, 2.24) is 0 Å². The number of hydrogen-bond donors (Lipinski definition) is 3. The second-order valence-electron chi connectivity index (χ2n) is 3.21. The molecule has 0 fully saturated rings. The first-order valence-electron chi connectivity index (χ1n) is 4.48. The minimum Gasteiger partial charge on any atom is -0.505 e. The normalized spacial score (nSPS) is 15.1. The molecule has 78 valence electrons. The Hall–Kier alpha value is -1.13. The van der Waals surface area contributed by atoms with E-state index in [1.165, 1.54) is 12.1 Å². The summed E-state index contributed by atoms with van der Waals surface area (Å²) in [5.74, 6) is -1.13. The second-order valence-corrected chi connectivity index (χ2v) is 3.21. The first kappa shape index (κ1) is 10.9. The van der Waals surface area contributed by atoms with Crippen LogP contribution in [0.2, 0.25) is 0 Å². The number of aromatic hydroxyl groups is 1. The summed E-state index contributed by atoms with van der Waals surface area (Å²) >= 11 is 0. The van der Waals surface area contributed by atoms with Crippen LogP contribution < -0.4 is 5.73 Å². The molecule has 2 atom stereocenters. The predicted molar refractivity (Wildman–Crippen MR) is 51.3 cm³/mol. The van der Waals surface area contributed by atoms with Crippen molar-refractivity contribution in [3.63, 3.8) is 0 Å². The highest BCUT2D eigenvalue weighted by molar-refractivity contribution is 5.30. The highest BCUT2D eigenvalue weighted by atomic mass is 19.1. The first-order valence-corrected chi connectivity index (χ1v) is 4.48. The Morgan fingerprint density at radius 2 is 2.14 bits per heavy atom. The fourth-order valence-electron chi connectivity index (χ4n) is 1.21. The zero-order valence-electron chi connectivity index (χ0n) is 7.94. The van der Waals surface area contributed by atoms with E-state index in [0.717, 1.165) is 6.07 Å². The van der Waals surface area contributed by atoms with Crippen LogP contribution in [-0.2, 0) is 0 Å². The molecule has 0 radical (unpaired) electrons. The van der Waals surface area contributed by atoms with E-state index < -0.39 is 23.7 Å². The van der Waals surface area contributed by atoms with Gasteiger partial charge in [-0.1, -0.05) is 13.0 Å². The molecule has 2 unspecified atom stereocenters. The Morgan fingerprint density at radius 3 is 2.64 bits per heavy atom. The fourth-order valence-corrected chi connectivity index (χ4v) is 1.21. The van der Waals surface area contributed by atoms with E-state index in [-0.39, 0.29) is 0 Å². The summed E-state index contributed by atoms with van der Waals surface area (Å²) in [6.45, 7) is 1.79. The van der Waals surface area contributed by atoms with Crippen molar-refractivity contribution in [3.05, 3.63) is 29.6 Å². The lowest BCUT2D eigenvalue weighted by Crippen LogP contribution is -2.25. The number of phenolic OH excluding ortho intramolecular Hbond substituents is 1. The van der Waals surface area contributed by atoms with Crippen LogP contribution in [0, 0.1) is 5.82 Å². The molecule has 0 aliphatic rings. The van der Waals surface area contributed by atoms with Crippen molar-refractivity contribution >= 4 is 0 Å². The maximum absolute atomic E-state index is 12.9. The Bertz CT molecular complexity index is 317. The molecule has 0 bridgehead atoms. The van der Waals surface area contributed by atoms with Gasteiger partial charge in [0.1, 0.15) is 0 Å². The highest BCUT2D eigenvalue weighted by Gasteiger charge is 2.16. The minimum atomic E-state index is -0.721. The largest absolute Gasteiger partial charge is 0.505 e. The van der Waals surface area contributed by atoms with E-state index in [2.05, 4.69) is 0 Å². The van der Waals surface area contributed by atoms with Gasteiger partial charge in [-0.25, -0.2) is 4.39 Å². The molecule has 0 spiro atoms. The summed E-state index contributed by atoms with van der Waals surface area (Å²) in [7, 11) is 0. The van der Waals surface area contributed by atoms with E-state index in [1.54, 1.807) is 6.92 Å². The van der Waals surface area contributed by atoms with Gasteiger partial charge >= 0.3 is 0 Å². The van der Waals surface area contributed by atoms with E-state index in [1.807, 2.05) is 0 Å². The zero-order chi connectivity index (χ0) is 10.7. The average Bonchev–Trinajstić information content (AvgIpc) is 2.20. The van der Waals surface area contributed by atoms with Crippen LogP contribution in [0.15, 0.2) is 18.2 Å². The molecule has 0 saturated heterocycles. The van der Waals surface area contributed by atoms with Crippen LogP contribution in [0.4, 0.5) is 4.39 Å². The van der Waals surface area contributed by atoms with Crippen molar-refractivity contribution in [2.24, 2.45) is 5.73 Å². The number of hydrogen-bond acceptors (Lipinski definition) is 3. The summed E-state index contributed by atoms with van der Waals surface area (Å²) in [6, 6.07) is 3.25. The van der Waals surface area contributed by atoms with Gasteiger partial charge in [-0.05, 0) is 24.1 Å². The first-order chi connectivity index (χ1) is 6.56. The molecule has 0 aliphatic carbocycles. The molecule has 1 rings (SSSR count). The topological polar surface area (TPSA) is 66.5 Å². The summed E-state index contributed by atoms with van der Waals surface area (Å²) in [5.41, 5.74) is 6.15. The molecule has 1 aromatic carbocycles. The standard InChI is InChI=1S/C10H14FNO2/c1-2-8(13)10(12)6-3-4-9(14)7(11)5-6/h3-5,8,10,13-14H,2,12H2,1H3. The van der Waals surface area contributed by atoms with E-state index in [9.17, 15) is 9.50 Å². The third-order valence-electron chi connectivity index (χ3n) is 2.19. The molecule has 1 aromatic rings. The Kier molecular flexibility index (Phi) is 3.43. The lowest BCUT2D eigenvalue weighted by molar-refractivity contribution is 0.140. The van der Waals surface area contributed by atoms with Gasteiger partial charge in [0.05, 0.1) is 12.1 Å². The van der Waals surface area contributed by atoms with Crippen molar-refractivity contribution in [1.29, 1.82) is 0 Å². The van der Waals surface area contributed by atoms with Crippen LogP contribution in [0.25, 0.3) is 0 Å². The zero-order valence-corrected chi connectivity index (χ0v) is 7.94. The predicted octanol–water partition coefficient (Wildman–Crippen LogP) is 1.30. The maximum Gasteiger partial charge on any atom is 0.165 e. The number of rotatable bonds is 3. The number of phenols is 1. The number of nitrogens with two attached hydrogens (primary N) is 1. The maximum atomic E-state index is 12.9. The van der Waals surface area contributed by atoms with Crippen LogP contribution in [0.3, 0.4) is 0 Å². The van der Waals surface area contributed by atoms with Crippen LogP contribution in [0.5, 0.6) is 5.75 Å². The van der Waals surface area contributed by atoms with Gasteiger partial charge < -0.3 is 15.9 Å². The lowest BCUT2D eigenvalue weighted by Gasteiger charge is -2.17. The summed E-state index contributed by atoms with van der Waals surface area (Å²) in [6.07, 6.45) is -0.192. The summed E-state index contributed by atoms with van der Waals surface area (Å²) < 4.78 is 12.9. The van der Waals surface area contributed by atoms with Crippen molar-refractivity contribution < 1.29 is 14.6 Å². The quantitative estimate of drug-likeness (QED) is 0.687.